The zero-order chi connectivity index (χ0) is 11.1. The molecule has 0 aromatic carbocycles. The highest BCUT2D eigenvalue weighted by Crippen LogP contribution is 2.38. The van der Waals surface area contributed by atoms with Crippen LogP contribution in [0.4, 0.5) is 0 Å². The number of hydrogen-bond donors (Lipinski definition) is 1. The van der Waals surface area contributed by atoms with Crippen LogP contribution in [-0.4, -0.2) is 24.0 Å². The van der Waals surface area contributed by atoms with Gasteiger partial charge in [-0.05, 0) is 36.8 Å². The average Bonchev–Trinajstić information content (AvgIpc) is 2.88. The predicted molar refractivity (Wildman–Crippen MR) is 76.0 cm³/mol. The Morgan fingerprint density at radius 2 is 2.18 bits per heavy atom. The molecule has 2 aliphatic rings. The number of nitrogens with zero attached hydrogens (tertiary/aromatic N) is 1. The molecule has 3 rings (SSSR count). The van der Waals surface area contributed by atoms with E-state index in [0.29, 0.717) is 6.04 Å². The fourth-order valence-electron chi connectivity index (χ4n) is 3.19. The Morgan fingerprint density at radius 3 is 2.82 bits per heavy atom. The van der Waals surface area contributed by atoms with Crippen molar-refractivity contribution in [3.63, 3.8) is 0 Å². The van der Waals surface area contributed by atoms with Crippen LogP contribution >= 0.6 is 35.3 Å². The molecule has 0 radical (unpaired) electrons. The fraction of sp³-hybridized carbons (Fsp3) is 0.667. The molecule has 2 N–H and O–H groups in total. The highest BCUT2D eigenvalue weighted by Gasteiger charge is 2.40. The van der Waals surface area contributed by atoms with Gasteiger partial charge in [-0.3, -0.25) is 4.90 Å². The summed E-state index contributed by atoms with van der Waals surface area (Å²) in [4.78, 5) is 3.91. The molecule has 17 heavy (non-hydrogen) atoms. The first-order valence-electron chi connectivity index (χ1n) is 5.94. The Kier molecular flexibility index (Phi) is 4.37. The Balaban J connectivity index is 0.00000108. The number of rotatable bonds is 2. The van der Waals surface area contributed by atoms with Crippen molar-refractivity contribution in [2.45, 2.75) is 25.4 Å². The predicted octanol–water partition coefficient (Wildman–Crippen LogP) is 2.99. The Hall–Kier alpha value is 0.200. The molecule has 3 atom stereocenters. The molecule has 0 amide bonds. The lowest BCUT2D eigenvalue weighted by Gasteiger charge is -2.17. The molecule has 1 aromatic rings. The second-order valence-corrected chi connectivity index (χ2v) is 6.86. The van der Waals surface area contributed by atoms with E-state index in [4.69, 9.17) is 17.3 Å². The molecule has 1 aliphatic carbocycles. The highest BCUT2D eigenvalue weighted by molar-refractivity contribution is 7.16. The first kappa shape index (κ1) is 13.6. The third-order valence-corrected chi connectivity index (χ3v) is 5.21. The van der Waals surface area contributed by atoms with Gasteiger partial charge >= 0.3 is 0 Å². The summed E-state index contributed by atoms with van der Waals surface area (Å²) in [6, 6.07) is 4.58. The number of hydrogen-bond acceptors (Lipinski definition) is 3. The van der Waals surface area contributed by atoms with Gasteiger partial charge in [0.25, 0.3) is 0 Å². The molecule has 0 bridgehead atoms. The third-order valence-electron chi connectivity index (χ3n) is 4.00. The zero-order valence-corrected chi connectivity index (χ0v) is 12.0. The van der Waals surface area contributed by atoms with Crippen LogP contribution in [0, 0.1) is 11.8 Å². The fourth-order valence-corrected chi connectivity index (χ4v) is 4.32. The summed E-state index contributed by atoms with van der Waals surface area (Å²) in [6.07, 6.45) is 2.56. The molecule has 2 nitrogen and oxygen atoms in total. The maximum absolute atomic E-state index is 6.13. The van der Waals surface area contributed by atoms with E-state index < -0.39 is 0 Å². The smallest absolute Gasteiger partial charge is 0.0931 e. The van der Waals surface area contributed by atoms with Crippen LogP contribution in [0.2, 0.25) is 4.34 Å². The van der Waals surface area contributed by atoms with Crippen molar-refractivity contribution in [3.8, 4) is 0 Å². The molecule has 1 aliphatic heterocycles. The van der Waals surface area contributed by atoms with Gasteiger partial charge < -0.3 is 5.73 Å². The molecule has 2 heterocycles. The van der Waals surface area contributed by atoms with Gasteiger partial charge in [-0.15, -0.1) is 23.7 Å². The van der Waals surface area contributed by atoms with E-state index in [1.165, 1.54) is 30.8 Å². The SMILES string of the molecule is Cl.NC1CCC2CN(Cc3ccc(Cl)s3)CC12. The molecule has 96 valence electrons. The average molecular weight is 293 g/mol. The molecular formula is C12H18Cl2N2S. The quantitative estimate of drug-likeness (QED) is 0.908. The largest absolute Gasteiger partial charge is 0.327 e. The van der Waals surface area contributed by atoms with Crippen LogP contribution < -0.4 is 5.73 Å². The van der Waals surface area contributed by atoms with Gasteiger partial charge in [-0.25, -0.2) is 0 Å². The maximum atomic E-state index is 6.13. The number of thiophene rings is 1. The second-order valence-electron chi connectivity index (χ2n) is 5.07. The molecule has 5 heteroatoms. The van der Waals surface area contributed by atoms with E-state index in [1.54, 1.807) is 11.3 Å². The second kappa shape index (κ2) is 5.45. The zero-order valence-electron chi connectivity index (χ0n) is 9.64. The Bertz CT molecular complexity index is 382. The van der Waals surface area contributed by atoms with Gasteiger partial charge in [0.1, 0.15) is 0 Å². The lowest BCUT2D eigenvalue weighted by molar-refractivity contribution is 0.301. The summed E-state index contributed by atoms with van der Waals surface area (Å²) in [6.45, 7) is 3.46. The number of fused-ring (bicyclic) bond motifs is 1. The molecule has 2 fully saturated rings. The van der Waals surface area contributed by atoms with Crippen LogP contribution in [-0.2, 0) is 6.54 Å². The highest BCUT2D eigenvalue weighted by atomic mass is 35.5. The van der Waals surface area contributed by atoms with Gasteiger partial charge in [-0.2, -0.15) is 0 Å². The standard InChI is InChI=1S/C12H17ClN2S.ClH/c13-12-4-2-9(16-12)6-15-5-8-1-3-11(14)10(8)7-15;/h2,4,8,10-11H,1,3,5-7,14H2;1H. The minimum absolute atomic E-state index is 0. The topological polar surface area (TPSA) is 29.3 Å². The summed E-state index contributed by atoms with van der Waals surface area (Å²) < 4.78 is 0.895. The third kappa shape index (κ3) is 2.79. The van der Waals surface area contributed by atoms with Gasteiger partial charge in [0.2, 0.25) is 0 Å². The summed E-state index contributed by atoms with van der Waals surface area (Å²) in [5.74, 6) is 1.60. The lowest BCUT2D eigenvalue weighted by atomic mass is 9.98. The Morgan fingerprint density at radius 1 is 1.35 bits per heavy atom. The number of likely N-dealkylation sites (tertiary alicyclic amines) is 1. The van der Waals surface area contributed by atoms with E-state index >= 15 is 0 Å². The van der Waals surface area contributed by atoms with Crippen molar-refractivity contribution in [1.82, 2.24) is 4.90 Å². The van der Waals surface area contributed by atoms with Gasteiger partial charge in [0.15, 0.2) is 0 Å². The minimum Gasteiger partial charge on any atom is -0.327 e. The maximum Gasteiger partial charge on any atom is 0.0931 e. The van der Waals surface area contributed by atoms with Crippen molar-refractivity contribution in [1.29, 1.82) is 0 Å². The van der Waals surface area contributed by atoms with Crippen molar-refractivity contribution in [3.05, 3.63) is 21.3 Å². The summed E-state index contributed by atoms with van der Waals surface area (Å²) in [7, 11) is 0. The van der Waals surface area contributed by atoms with Gasteiger partial charge in [-0.1, -0.05) is 11.6 Å². The van der Waals surface area contributed by atoms with Crippen LogP contribution in [0.25, 0.3) is 0 Å². The molecule has 1 saturated carbocycles. The van der Waals surface area contributed by atoms with Crippen LogP contribution in [0.1, 0.15) is 17.7 Å². The first-order chi connectivity index (χ1) is 7.72. The van der Waals surface area contributed by atoms with E-state index in [-0.39, 0.29) is 12.4 Å². The molecule has 1 saturated heterocycles. The van der Waals surface area contributed by atoms with E-state index in [0.717, 1.165) is 22.7 Å². The minimum atomic E-state index is 0. The van der Waals surface area contributed by atoms with E-state index in [1.807, 2.05) is 6.07 Å². The Labute approximate surface area is 118 Å². The van der Waals surface area contributed by atoms with Crippen molar-refractivity contribution in [2.24, 2.45) is 17.6 Å². The van der Waals surface area contributed by atoms with Gasteiger partial charge in [0, 0.05) is 30.6 Å². The van der Waals surface area contributed by atoms with Crippen molar-refractivity contribution in [2.75, 3.05) is 13.1 Å². The van der Waals surface area contributed by atoms with Crippen molar-refractivity contribution < 1.29 is 0 Å². The number of halogens is 2. The van der Waals surface area contributed by atoms with Crippen LogP contribution in [0.15, 0.2) is 12.1 Å². The van der Waals surface area contributed by atoms with Crippen LogP contribution in [0.5, 0.6) is 0 Å². The normalized spacial score (nSPS) is 32.5. The molecule has 3 unspecified atom stereocenters. The summed E-state index contributed by atoms with van der Waals surface area (Å²) in [5.41, 5.74) is 6.13. The van der Waals surface area contributed by atoms with Crippen LogP contribution in [0.3, 0.4) is 0 Å². The van der Waals surface area contributed by atoms with Gasteiger partial charge in [0.05, 0.1) is 4.34 Å². The summed E-state index contributed by atoms with van der Waals surface area (Å²) >= 11 is 7.64. The van der Waals surface area contributed by atoms with E-state index in [9.17, 15) is 0 Å². The number of nitrogens with two attached hydrogens (primary N) is 1. The van der Waals surface area contributed by atoms with E-state index in [2.05, 4.69) is 11.0 Å². The molecular weight excluding hydrogens is 275 g/mol. The summed E-state index contributed by atoms with van der Waals surface area (Å²) in [5, 5.41) is 0. The molecule has 0 spiro atoms. The lowest BCUT2D eigenvalue weighted by Crippen LogP contribution is -2.30. The monoisotopic (exact) mass is 292 g/mol. The van der Waals surface area contributed by atoms with Crippen molar-refractivity contribution >= 4 is 35.3 Å². The molecule has 1 aromatic heterocycles. The first-order valence-corrected chi connectivity index (χ1v) is 7.14.